The van der Waals surface area contributed by atoms with Gasteiger partial charge < -0.3 is 0 Å². The van der Waals surface area contributed by atoms with Crippen LogP contribution < -0.4 is 0 Å². The Labute approximate surface area is 170 Å². The van der Waals surface area contributed by atoms with Crippen LogP contribution in [0.25, 0.3) is 0 Å². The average Bonchev–Trinajstić information content (AvgIpc) is 2.72. The fourth-order valence-corrected chi connectivity index (χ4v) is 4.55. The summed E-state index contributed by atoms with van der Waals surface area (Å²) in [6.45, 7) is 0. The van der Waals surface area contributed by atoms with Gasteiger partial charge in [0.25, 0.3) is 0 Å². The quantitative estimate of drug-likeness (QED) is 0.443. The highest BCUT2D eigenvalue weighted by Crippen LogP contribution is 2.41. The van der Waals surface area contributed by atoms with E-state index in [0.29, 0.717) is 0 Å². The van der Waals surface area contributed by atoms with Gasteiger partial charge in [0.2, 0.25) is 0 Å². The monoisotopic (exact) mass is 445 g/mol. The van der Waals surface area contributed by atoms with Crippen LogP contribution in [0, 0.1) is 0 Å². The number of hydrogen-bond acceptors (Lipinski definition) is 2. The molecule has 0 saturated heterocycles. The van der Waals surface area contributed by atoms with Gasteiger partial charge in [-0.1, -0.05) is 60.7 Å². The van der Waals surface area contributed by atoms with Crippen molar-refractivity contribution < 1.29 is 36.1 Å². The third kappa shape index (κ3) is 4.51. The first-order valence-electron chi connectivity index (χ1n) is 8.93. The van der Waals surface area contributed by atoms with Crippen molar-refractivity contribution in [3.8, 4) is 0 Å². The van der Waals surface area contributed by atoms with E-state index in [0.717, 1.165) is 0 Å². The first kappa shape index (κ1) is 20.5. The van der Waals surface area contributed by atoms with Crippen molar-refractivity contribution in [3.63, 3.8) is 0 Å². The summed E-state index contributed by atoms with van der Waals surface area (Å²) in [6.07, 6.45) is -10.5. The molecule has 158 valence electrons. The van der Waals surface area contributed by atoms with Crippen LogP contribution in [0.5, 0.6) is 0 Å². The van der Waals surface area contributed by atoms with Crippen LogP contribution in [-0.4, -0.2) is 8.42 Å². The van der Waals surface area contributed by atoms with Gasteiger partial charge in [-0.2, -0.15) is 26.3 Å². The minimum atomic E-state index is -5.23. The molecular weight excluding hydrogens is 430 g/mol. The second kappa shape index (κ2) is 7.79. The van der Waals surface area contributed by atoms with Crippen LogP contribution in [0.2, 0.25) is 0 Å². The van der Waals surface area contributed by atoms with E-state index in [9.17, 15) is 34.8 Å². The first-order chi connectivity index (χ1) is 14.3. The Morgan fingerprint density at radius 2 is 1.03 bits per heavy atom. The van der Waals surface area contributed by atoms with Crippen LogP contribution in [0.4, 0.5) is 26.3 Å². The van der Waals surface area contributed by atoms with Gasteiger partial charge in [0.1, 0.15) is 5.23 Å². The molecule has 0 saturated carbocycles. The molecule has 0 aromatic heterocycles. The Kier molecular flexibility index (Phi) is 5.31. The van der Waals surface area contributed by atoms with E-state index in [4.69, 9.17) is 1.37 Å². The maximum Gasteiger partial charge on any atom is 0.416 e. The van der Waals surface area contributed by atoms with Crippen molar-refractivity contribution in [2.45, 2.75) is 22.5 Å². The molecule has 0 radical (unpaired) electrons. The van der Waals surface area contributed by atoms with Gasteiger partial charge in [0, 0.05) is 0 Å². The molecule has 9 heteroatoms. The summed E-state index contributed by atoms with van der Waals surface area (Å²) in [7, 11) is -5.11. The molecule has 0 aliphatic rings. The summed E-state index contributed by atoms with van der Waals surface area (Å²) in [5.41, 5.74) is -3.81. The molecule has 3 aromatic carbocycles. The van der Waals surface area contributed by atoms with Gasteiger partial charge in [0.15, 0.2) is 9.84 Å². The Morgan fingerprint density at radius 1 is 0.667 bits per heavy atom. The number of benzene rings is 3. The molecule has 0 N–H and O–H groups in total. The topological polar surface area (TPSA) is 34.1 Å². The lowest BCUT2D eigenvalue weighted by Crippen LogP contribution is -2.18. The summed E-state index contributed by atoms with van der Waals surface area (Å²) in [5.74, 6) is 0. The second-order valence-electron chi connectivity index (χ2n) is 6.31. The summed E-state index contributed by atoms with van der Waals surface area (Å²) in [6, 6.07) is 13.9. The van der Waals surface area contributed by atoms with E-state index < -0.39 is 43.4 Å². The highest BCUT2D eigenvalue weighted by Gasteiger charge is 2.40. The standard InChI is InChI=1S/C21H14F6O2S/c22-20(23,24)16-11-17(21(25,26)27)13-18(12-16)30(28,29)19(14-7-3-1-4-8-14)15-9-5-2-6-10-15/h1-13,19H/i19D. The minimum absolute atomic E-state index is 0.125. The maximum atomic E-state index is 13.5. The fourth-order valence-electron chi connectivity index (χ4n) is 2.86. The Hall–Kier alpha value is -2.81. The zero-order valence-electron chi connectivity index (χ0n) is 16.0. The first-order valence-corrected chi connectivity index (χ1v) is 9.91. The van der Waals surface area contributed by atoms with Crippen LogP contribution >= 0.6 is 0 Å². The minimum Gasteiger partial charge on any atom is -0.223 e. The molecule has 3 rings (SSSR count). The lowest BCUT2D eigenvalue weighted by Gasteiger charge is -2.21. The van der Waals surface area contributed by atoms with Gasteiger partial charge >= 0.3 is 12.4 Å². The molecular formula is C21H14F6O2S. The van der Waals surface area contributed by atoms with Gasteiger partial charge in [-0.3, -0.25) is 0 Å². The smallest absolute Gasteiger partial charge is 0.223 e. The molecule has 0 unspecified atom stereocenters. The van der Waals surface area contributed by atoms with Crippen molar-refractivity contribution >= 4 is 9.84 Å². The molecule has 0 atom stereocenters. The molecule has 0 aliphatic carbocycles. The highest BCUT2D eigenvalue weighted by molar-refractivity contribution is 7.92. The van der Waals surface area contributed by atoms with Gasteiger partial charge in [-0.25, -0.2) is 8.42 Å². The van der Waals surface area contributed by atoms with Gasteiger partial charge in [-0.15, -0.1) is 0 Å². The highest BCUT2D eigenvalue weighted by atomic mass is 32.2. The molecule has 0 fully saturated rings. The number of rotatable bonds is 4. The van der Waals surface area contributed by atoms with E-state index >= 15 is 0 Å². The van der Waals surface area contributed by atoms with Crippen molar-refractivity contribution in [3.05, 3.63) is 101 Å². The molecule has 0 aliphatic heterocycles. The summed E-state index contributed by atoms with van der Waals surface area (Å²) < 4.78 is 115. The SMILES string of the molecule is [2H]C(c1ccccc1)(c1ccccc1)S(=O)(=O)c1cc(C(F)(F)F)cc(C(F)(F)F)c1. The largest absolute Gasteiger partial charge is 0.416 e. The number of halogens is 6. The predicted molar refractivity (Wildman–Crippen MR) is 98.4 cm³/mol. The number of alkyl halides is 6. The summed E-state index contributed by atoms with van der Waals surface area (Å²) >= 11 is 0. The lowest BCUT2D eigenvalue weighted by molar-refractivity contribution is -0.143. The maximum absolute atomic E-state index is 13.5. The second-order valence-corrected chi connectivity index (χ2v) is 8.19. The van der Waals surface area contributed by atoms with E-state index in [-0.39, 0.29) is 29.3 Å². The molecule has 0 amide bonds. The molecule has 30 heavy (non-hydrogen) atoms. The van der Waals surface area contributed by atoms with Crippen LogP contribution in [0.15, 0.2) is 83.8 Å². The summed E-state index contributed by atoms with van der Waals surface area (Å²) in [5, 5.41) is -2.69. The zero-order valence-corrected chi connectivity index (χ0v) is 15.8. The van der Waals surface area contributed by atoms with Crippen LogP contribution in [0.1, 0.15) is 28.9 Å². The van der Waals surface area contributed by atoms with E-state index in [1.165, 1.54) is 60.7 Å². The predicted octanol–water partition coefficient (Wildman–Crippen LogP) is 6.29. The molecule has 0 spiro atoms. The third-order valence-electron chi connectivity index (χ3n) is 4.21. The van der Waals surface area contributed by atoms with E-state index in [2.05, 4.69) is 0 Å². The number of hydrogen-bond donors (Lipinski definition) is 0. The van der Waals surface area contributed by atoms with E-state index in [1.807, 2.05) is 0 Å². The van der Waals surface area contributed by atoms with Crippen LogP contribution in [0.3, 0.4) is 0 Å². The normalized spacial score (nSPS) is 13.7. The Balaban J connectivity index is 2.37. The fraction of sp³-hybridized carbons (Fsp3) is 0.143. The van der Waals surface area contributed by atoms with Gasteiger partial charge in [-0.05, 0) is 29.3 Å². The Morgan fingerprint density at radius 3 is 1.37 bits per heavy atom. The number of sulfone groups is 1. The van der Waals surface area contributed by atoms with E-state index in [1.54, 1.807) is 0 Å². The molecule has 0 bridgehead atoms. The summed E-state index contributed by atoms with van der Waals surface area (Å²) in [4.78, 5) is -1.25. The van der Waals surface area contributed by atoms with Crippen molar-refractivity contribution in [1.29, 1.82) is 0 Å². The van der Waals surface area contributed by atoms with Gasteiger partial charge in [0.05, 0.1) is 17.4 Å². The molecule has 3 aromatic rings. The van der Waals surface area contributed by atoms with Crippen molar-refractivity contribution in [2.75, 3.05) is 0 Å². The average molecular weight is 445 g/mol. The zero-order chi connectivity index (χ0) is 23.1. The lowest BCUT2D eigenvalue weighted by atomic mass is 10.0. The Bertz CT molecular complexity index is 1100. The van der Waals surface area contributed by atoms with Crippen molar-refractivity contribution in [2.24, 2.45) is 0 Å². The third-order valence-corrected chi connectivity index (χ3v) is 6.08. The molecule has 2 nitrogen and oxygen atoms in total. The van der Waals surface area contributed by atoms with Crippen molar-refractivity contribution in [1.82, 2.24) is 0 Å². The van der Waals surface area contributed by atoms with Crippen LogP contribution in [-0.2, 0) is 22.2 Å². The molecule has 0 heterocycles.